The second-order valence-corrected chi connectivity index (χ2v) is 3.93. The van der Waals surface area contributed by atoms with Gasteiger partial charge >= 0.3 is 0 Å². The lowest BCUT2D eigenvalue weighted by Crippen LogP contribution is -1.83. The molecule has 0 amide bonds. The van der Waals surface area contributed by atoms with E-state index in [0.717, 1.165) is 21.4 Å². The van der Waals surface area contributed by atoms with Crippen molar-refractivity contribution in [2.45, 2.75) is 0 Å². The Morgan fingerprint density at radius 1 is 1.33 bits per heavy atom. The van der Waals surface area contributed by atoms with Crippen LogP contribution in [-0.4, -0.2) is 0 Å². The predicted molar refractivity (Wildman–Crippen MR) is 51.2 cm³/mol. The van der Waals surface area contributed by atoms with E-state index >= 15 is 0 Å². The third kappa shape index (κ3) is 1.15. The molecule has 0 aliphatic rings. The van der Waals surface area contributed by atoms with E-state index < -0.39 is 0 Å². The van der Waals surface area contributed by atoms with E-state index in [1.165, 1.54) is 6.07 Å². The monoisotopic (exact) mass is 201 g/mol. The molecule has 0 atom stereocenters. The summed E-state index contributed by atoms with van der Waals surface area (Å²) in [6, 6.07) is 4.75. The minimum atomic E-state index is -0.237. The van der Waals surface area contributed by atoms with Crippen molar-refractivity contribution in [3.05, 3.63) is 28.4 Å². The first-order chi connectivity index (χ1) is 5.66. The van der Waals surface area contributed by atoms with Gasteiger partial charge in [-0.25, -0.2) is 0 Å². The van der Waals surface area contributed by atoms with Gasteiger partial charge in [-0.15, -0.1) is 11.3 Å². The smallest absolute Gasteiger partial charge is 0.177 e. The number of nitrogens with two attached hydrogens (primary N) is 1. The number of hydrogen-bond donors (Lipinski definition) is 1. The van der Waals surface area contributed by atoms with Crippen molar-refractivity contribution in [1.82, 2.24) is 0 Å². The first-order valence-electron chi connectivity index (χ1n) is 3.31. The summed E-state index contributed by atoms with van der Waals surface area (Å²) in [5, 5.41) is 1.04. The summed E-state index contributed by atoms with van der Waals surface area (Å²) in [6.45, 7) is 0. The molecule has 1 nitrogen and oxygen atoms in total. The first kappa shape index (κ1) is 7.83. The summed E-state index contributed by atoms with van der Waals surface area (Å²) in [6.07, 6.45) is 0. The summed E-state index contributed by atoms with van der Waals surface area (Å²) < 4.78 is 13.5. The van der Waals surface area contributed by atoms with E-state index in [1.807, 2.05) is 0 Å². The van der Waals surface area contributed by atoms with Gasteiger partial charge in [0.25, 0.3) is 0 Å². The number of anilines is 1. The van der Waals surface area contributed by atoms with Crippen molar-refractivity contribution in [3.8, 4) is 0 Å². The molecule has 0 saturated heterocycles. The zero-order chi connectivity index (χ0) is 8.72. The third-order valence-corrected chi connectivity index (χ3v) is 2.69. The molecule has 0 saturated carbocycles. The Morgan fingerprint density at radius 3 is 2.83 bits per heavy atom. The predicted octanol–water partition coefficient (Wildman–Crippen LogP) is 3.28. The Labute approximate surface area is 77.6 Å². The van der Waals surface area contributed by atoms with Crippen molar-refractivity contribution in [2.75, 3.05) is 5.73 Å². The number of thiophene rings is 1. The van der Waals surface area contributed by atoms with Crippen LogP contribution < -0.4 is 5.73 Å². The highest BCUT2D eigenvalue weighted by atomic mass is 35.5. The molecule has 2 aromatic rings. The molecule has 12 heavy (non-hydrogen) atoms. The molecule has 0 fully saturated rings. The molecule has 1 aromatic carbocycles. The maximum atomic E-state index is 12.8. The van der Waals surface area contributed by atoms with Crippen LogP contribution in [-0.2, 0) is 0 Å². The number of hydrogen-bond acceptors (Lipinski definition) is 2. The molecule has 0 radical (unpaired) electrons. The number of fused-ring (bicyclic) bond motifs is 1. The lowest BCUT2D eigenvalue weighted by molar-refractivity contribution is 0.658. The molecule has 2 rings (SSSR count). The molecular weight excluding hydrogens is 197 g/mol. The Morgan fingerprint density at radius 2 is 2.08 bits per heavy atom. The molecule has 4 heteroatoms. The highest BCUT2D eigenvalue weighted by molar-refractivity contribution is 7.17. The highest BCUT2D eigenvalue weighted by Gasteiger charge is 2.04. The maximum absolute atomic E-state index is 12.8. The zero-order valence-corrected chi connectivity index (χ0v) is 7.55. The van der Waals surface area contributed by atoms with E-state index in [0.29, 0.717) is 10.7 Å². The van der Waals surface area contributed by atoms with Gasteiger partial charge in [0.15, 0.2) is 5.13 Å². The minimum absolute atomic E-state index is 0.237. The van der Waals surface area contributed by atoms with Crippen LogP contribution in [0.25, 0.3) is 10.1 Å². The van der Waals surface area contributed by atoms with Crippen LogP contribution in [0.1, 0.15) is 0 Å². The van der Waals surface area contributed by atoms with E-state index in [2.05, 4.69) is 0 Å². The van der Waals surface area contributed by atoms with Crippen molar-refractivity contribution in [3.63, 3.8) is 0 Å². The van der Waals surface area contributed by atoms with Gasteiger partial charge < -0.3 is 5.73 Å². The topological polar surface area (TPSA) is 26.0 Å². The molecule has 2 N–H and O–H groups in total. The lowest BCUT2D eigenvalue weighted by Gasteiger charge is -1.95. The fourth-order valence-corrected chi connectivity index (χ4v) is 2.25. The summed E-state index contributed by atoms with van der Waals surface area (Å²) in [4.78, 5) is 0. The molecule has 1 aromatic heterocycles. The van der Waals surface area contributed by atoms with Crippen LogP contribution in [0.4, 0.5) is 10.1 Å². The quantitative estimate of drug-likeness (QED) is 0.651. The van der Waals surface area contributed by atoms with Crippen LogP contribution in [0, 0.1) is 5.13 Å². The summed E-state index contributed by atoms with van der Waals surface area (Å²) in [5.74, 6) is 0. The molecule has 0 unspecified atom stereocenters. The minimum Gasteiger partial charge on any atom is -0.398 e. The molecule has 62 valence electrons. The number of benzene rings is 1. The highest BCUT2D eigenvalue weighted by Crippen LogP contribution is 2.31. The second kappa shape index (κ2) is 2.61. The Kier molecular flexibility index (Phi) is 1.70. The number of nitrogen functional groups attached to an aromatic ring is 1. The SMILES string of the molecule is Nc1cc(Cl)cc2sc(F)cc12. The van der Waals surface area contributed by atoms with Gasteiger partial charge in [0.05, 0.1) is 0 Å². The van der Waals surface area contributed by atoms with E-state index in [-0.39, 0.29) is 5.13 Å². The van der Waals surface area contributed by atoms with E-state index in [9.17, 15) is 4.39 Å². The van der Waals surface area contributed by atoms with Gasteiger partial charge in [-0.2, -0.15) is 4.39 Å². The van der Waals surface area contributed by atoms with E-state index in [1.54, 1.807) is 12.1 Å². The molecule has 1 heterocycles. The van der Waals surface area contributed by atoms with Crippen molar-refractivity contribution in [2.24, 2.45) is 0 Å². The van der Waals surface area contributed by atoms with Gasteiger partial charge in [0, 0.05) is 20.8 Å². The van der Waals surface area contributed by atoms with Crippen LogP contribution in [0.15, 0.2) is 18.2 Å². The molecular formula is C8H5ClFNS. The summed E-state index contributed by atoms with van der Waals surface area (Å²) in [7, 11) is 0. The van der Waals surface area contributed by atoms with Crippen LogP contribution in [0.2, 0.25) is 5.02 Å². The van der Waals surface area contributed by atoms with Gasteiger partial charge in [-0.05, 0) is 18.2 Å². The number of halogens is 2. The van der Waals surface area contributed by atoms with Crippen LogP contribution in [0.5, 0.6) is 0 Å². The Bertz CT molecular complexity index is 438. The van der Waals surface area contributed by atoms with Gasteiger partial charge in [-0.3, -0.25) is 0 Å². The summed E-state index contributed by atoms with van der Waals surface area (Å²) in [5.41, 5.74) is 6.15. The largest absolute Gasteiger partial charge is 0.398 e. The second-order valence-electron chi connectivity index (χ2n) is 2.46. The Hall–Kier alpha value is -0.800. The third-order valence-electron chi connectivity index (χ3n) is 1.60. The van der Waals surface area contributed by atoms with Crippen molar-refractivity contribution in [1.29, 1.82) is 0 Å². The molecule has 0 aliphatic heterocycles. The van der Waals surface area contributed by atoms with E-state index in [4.69, 9.17) is 17.3 Å². The van der Waals surface area contributed by atoms with Gasteiger partial charge in [0.1, 0.15) is 0 Å². The standard InChI is InChI=1S/C8H5ClFNS/c9-4-1-6(11)5-3-8(10)12-7(5)2-4/h1-3H,11H2. The number of rotatable bonds is 0. The average Bonchev–Trinajstić information content (AvgIpc) is 2.29. The van der Waals surface area contributed by atoms with Crippen LogP contribution >= 0.6 is 22.9 Å². The fourth-order valence-electron chi connectivity index (χ4n) is 1.10. The van der Waals surface area contributed by atoms with Crippen LogP contribution in [0.3, 0.4) is 0 Å². The maximum Gasteiger partial charge on any atom is 0.177 e. The molecule has 0 aliphatic carbocycles. The molecule has 0 bridgehead atoms. The normalized spacial score (nSPS) is 10.8. The van der Waals surface area contributed by atoms with Crippen molar-refractivity contribution < 1.29 is 4.39 Å². The van der Waals surface area contributed by atoms with Gasteiger partial charge in [-0.1, -0.05) is 11.6 Å². The zero-order valence-electron chi connectivity index (χ0n) is 5.97. The summed E-state index contributed by atoms with van der Waals surface area (Å²) >= 11 is 6.79. The average molecular weight is 202 g/mol. The lowest BCUT2D eigenvalue weighted by atomic mass is 10.2. The fraction of sp³-hybridized carbons (Fsp3) is 0. The molecule has 0 spiro atoms. The van der Waals surface area contributed by atoms with Gasteiger partial charge in [0.2, 0.25) is 0 Å². The first-order valence-corrected chi connectivity index (χ1v) is 4.50. The Balaban J connectivity index is 2.88. The van der Waals surface area contributed by atoms with Crippen molar-refractivity contribution >= 4 is 38.7 Å².